The Balaban J connectivity index is 1.83. The van der Waals surface area contributed by atoms with E-state index in [-0.39, 0.29) is 18.0 Å². The summed E-state index contributed by atoms with van der Waals surface area (Å²) in [4.78, 5) is 21.8. The highest BCUT2D eigenvalue weighted by molar-refractivity contribution is 5.82. The van der Waals surface area contributed by atoms with Crippen molar-refractivity contribution >= 4 is 17.8 Å². The van der Waals surface area contributed by atoms with Crippen molar-refractivity contribution in [2.75, 3.05) is 0 Å². The summed E-state index contributed by atoms with van der Waals surface area (Å²) in [5, 5.41) is 24.6. The predicted octanol–water partition coefficient (Wildman–Crippen LogP) is 2.13. The summed E-state index contributed by atoms with van der Waals surface area (Å²) in [5.74, 6) is -0.331. The normalized spacial score (nSPS) is 17.3. The van der Waals surface area contributed by atoms with Crippen LogP contribution in [-0.4, -0.2) is 27.8 Å². The number of nitro groups is 1. The molecular formula is C15H19N3O4. The molecule has 22 heavy (non-hydrogen) atoms. The van der Waals surface area contributed by atoms with Gasteiger partial charge in [0.2, 0.25) is 5.91 Å². The molecule has 0 bridgehead atoms. The smallest absolute Gasteiger partial charge is 0.269 e. The second-order valence-corrected chi connectivity index (χ2v) is 5.60. The fourth-order valence-corrected chi connectivity index (χ4v) is 2.59. The highest BCUT2D eigenvalue weighted by atomic mass is 16.6. The highest BCUT2D eigenvalue weighted by Gasteiger charge is 2.31. The van der Waals surface area contributed by atoms with Gasteiger partial charge in [-0.05, 0) is 30.5 Å². The zero-order valence-corrected chi connectivity index (χ0v) is 12.2. The van der Waals surface area contributed by atoms with Crippen molar-refractivity contribution in [2.45, 2.75) is 44.1 Å². The summed E-state index contributed by atoms with van der Waals surface area (Å²) in [5.41, 5.74) is 2.11. The van der Waals surface area contributed by atoms with E-state index in [9.17, 15) is 20.0 Å². The third-order valence-electron chi connectivity index (χ3n) is 3.78. The van der Waals surface area contributed by atoms with E-state index in [0.717, 1.165) is 19.3 Å². The van der Waals surface area contributed by atoms with Crippen LogP contribution in [0.1, 0.15) is 44.1 Å². The minimum atomic E-state index is -0.911. The Labute approximate surface area is 128 Å². The molecule has 0 radical (unpaired) electrons. The molecule has 7 heteroatoms. The monoisotopic (exact) mass is 305 g/mol. The van der Waals surface area contributed by atoms with Crippen LogP contribution in [-0.2, 0) is 4.79 Å². The Morgan fingerprint density at radius 2 is 1.95 bits per heavy atom. The van der Waals surface area contributed by atoms with Crippen LogP contribution in [0.25, 0.3) is 0 Å². The Bertz CT molecular complexity index is 563. The van der Waals surface area contributed by atoms with Gasteiger partial charge in [-0.2, -0.15) is 5.10 Å². The van der Waals surface area contributed by atoms with Crippen LogP contribution in [0.5, 0.6) is 0 Å². The Morgan fingerprint density at radius 1 is 1.32 bits per heavy atom. The lowest BCUT2D eigenvalue weighted by molar-refractivity contribution is -0.384. The molecule has 1 aromatic rings. The number of nitrogens with zero attached hydrogens (tertiary/aromatic N) is 2. The summed E-state index contributed by atoms with van der Waals surface area (Å²) in [6, 6.07) is 5.83. The fraction of sp³-hybridized carbons (Fsp3) is 0.467. The quantitative estimate of drug-likeness (QED) is 0.494. The molecule has 0 aromatic heterocycles. The largest absolute Gasteiger partial charge is 0.389 e. The first-order valence-corrected chi connectivity index (χ1v) is 7.27. The third kappa shape index (κ3) is 4.63. The van der Waals surface area contributed by atoms with Gasteiger partial charge in [0.15, 0.2) is 0 Å². The number of carbonyl (C=O) groups is 1. The van der Waals surface area contributed by atoms with Crippen LogP contribution in [0, 0.1) is 10.1 Å². The summed E-state index contributed by atoms with van der Waals surface area (Å²) >= 11 is 0. The average Bonchev–Trinajstić information content (AvgIpc) is 2.48. The molecule has 1 fully saturated rings. The molecular weight excluding hydrogens is 286 g/mol. The fourth-order valence-electron chi connectivity index (χ4n) is 2.59. The molecule has 0 saturated heterocycles. The number of non-ortho nitro benzene ring substituents is 1. The van der Waals surface area contributed by atoms with Gasteiger partial charge < -0.3 is 5.11 Å². The number of benzene rings is 1. The molecule has 7 nitrogen and oxygen atoms in total. The highest BCUT2D eigenvalue weighted by Crippen LogP contribution is 2.30. The van der Waals surface area contributed by atoms with E-state index in [1.807, 2.05) is 0 Å². The van der Waals surface area contributed by atoms with Crippen molar-refractivity contribution in [1.29, 1.82) is 0 Å². The van der Waals surface area contributed by atoms with E-state index in [2.05, 4.69) is 10.5 Å². The minimum Gasteiger partial charge on any atom is -0.389 e. The van der Waals surface area contributed by atoms with E-state index < -0.39 is 10.5 Å². The lowest BCUT2D eigenvalue weighted by atomic mass is 9.82. The van der Waals surface area contributed by atoms with Crippen molar-refractivity contribution < 1.29 is 14.8 Å². The zero-order valence-electron chi connectivity index (χ0n) is 12.2. The van der Waals surface area contributed by atoms with Crippen LogP contribution in [0.15, 0.2) is 29.4 Å². The molecule has 0 atom stereocenters. The molecule has 0 heterocycles. The third-order valence-corrected chi connectivity index (χ3v) is 3.78. The number of hydrogen-bond acceptors (Lipinski definition) is 5. The first-order chi connectivity index (χ1) is 10.5. The molecule has 2 N–H and O–H groups in total. The lowest BCUT2D eigenvalue weighted by Gasteiger charge is -2.30. The molecule has 118 valence electrons. The Kier molecular flexibility index (Phi) is 5.21. The predicted molar refractivity (Wildman–Crippen MR) is 81.5 cm³/mol. The van der Waals surface area contributed by atoms with Gasteiger partial charge in [0.05, 0.1) is 23.2 Å². The van der Waals surface area contributed by atoms with Gasteiger partial charge in [-0.1, -0.05) is 19.3 Å². The maximum atomic E-state index is 11.8. The van der Waals surface area contributed by atoms with Gasteiger partial charge in [-0.15, -0.1) is 0 Å². The van der Waals surface area contributed by atoms with Gasteiger partial charge in [-0.3, -0.25) is 14.9 Å². The molecule has 1 aliphatic rings. The minimum absolute atomic E-state index is 0.000654. The van der Waals surface area contributed by atoms with E-state index >= 15 is 0 Å². The van der Waals surface area contributed by atoms with Crippen molar-refractivity contribution in [1.82, 2.24) is 5.43 Å². The maximum absolute atomic E-state index is 11.8. The molecule has 0 aliphatic heterocycles. The average molecular weight is 305 g/mol. The van der Waals surface area contributed by atoms with Crippen LogP contribution < -0.4 is 5.43 Å². The summed E-state index contributed by atoms with van der Waals surface area (Å²) in [6.45, 7) is 0. The molecule has 1 aliphatic carbocycles. The Morgan fingerprint density at radius 3 is 2.55 bits per heavy atom. The topological polar surface area (TPSA) is 105 Å². The molecule has 0 unspecified atom stereocenters. The molecule has 1 aromatic carbocycles. The summed E-state index contributed by atoms with van der Waals surface area (Å²) in [7, 11) is 0. The second kappa shape index (κ2) is 7.13. The van der Waals surface area contributed by atoms with Crippen LogP contribution in [0.3, 0.4) is 0 Å². The molecule has 0 spiro atoms. The van der Waals surface area contributed by atoms with Gasteiger partial charge in [0, 0.05) is 12.1 Å². The number of hydrogen-bond donors (Lipinski definition) is 2. The lowest BCUT2D eigenvalue weighted by Crippen LogP contribution is -2.37. The molecule has 1 saturated carbocycles. The van der Waals surface area contributed by atoms with Gasteiger partial charge in [-0.25, -0.2) is 5.43 Å². The van der Waals surface area contributed by atoms with Gasteiger partial charge in [0.1, 0.15) is 0 Å². The number of nitro benzene ring substituents is 1. The first-order valence-electron chi connectivity index (χ1n) is 7.27. The van der Waals surface area contributed by atoms with Gasteiger partial charge >= 0.3 is 0 Å². The number of carbonyl (C=O) groups excluding carboxylic acids is 1. The standard InChI is InChI=1S/C15H19N3O4/c19-14(10-15(20)8-2-1-3-9-15)17-16-11-12-4-6-13(7-5-12)18(21)22/h4-7,11,20H,1-3,8-10H2,(H,17,19)/b16-11-. The van der Waals surface area contributed by atoms with E-state index in [4.69, 9.17) is 0 Å². The van der Waals surface area contributed by atoms with Crippen LogP contribution in [0.2, 0.25) is 0 Å². The number of aliphatic hydroxyl groups is 1. The van der Waals surface area contributed by atoms with Crippen molar-refractivity contribution in [3.8, 4) is 0 Å². The zero-order chi connectivity index (χ0) is 16.0. The number of rotatable bonds is 5. The van der Waals surface area contributed by atoms with E-state index in [0.29, 0.717) is 18.4 Å². The summed E-state index contributed by atoms with van der Waals surface area (Å²) in [6.07, 6.45) is 5.73. The van der Waals surface area contributed by atoms with E-state index in [1.165, 1.54) is 18.3 Å². The second-order valence-electron chi connectivity index (χ2n) is 5.60. The maximum Gasteiger partial charge on any atom is 0.269 e. The Hall–Kier alpha value is -2.28. The van der Waals surface area contributed by atoms with Crippen molar-refractivity contribution in [2.24, 2.45) is 5.10 Å². The van der Waals surface area contributed by atoms with Crippen molar-refractivity contribution in [3.05, 3.63) is 39.9 Å². The van der Waals surface area contributed by atoms with Gasteiger partial charge in [0.25, 0.3) is 5.69 Å². The first kappa shape index (κ1) is 16.1. The van der Waals surface area contributed by atoms with Crippen molar-refractivity contribution in [3.63, 3.8) is 0 Å². The van der Waals surface area contributed by atoms with Crippen LogP contribution >= 0.6 is 0 Å². The van der Waals surface area contributed by atoms with Crippen LogP contribution in [0.4, 0.5) is 5.69 Å². The molecule has 2 rings (SSSR count). The molecule has 1 amide bonds. The number of nitrogens with one attached hydrogen (secondary N) is 1. The summed E-state index contributed by atoms with van der Waals surface area (Å²) < 4.78 is 0. The van der Waals surface area contributed by atoms with E-state index in [1.54, 1.807) is 12.1 Å². The number of hydrazone groups is 1. The number of amides is 1. The SMILES string of the molecule is O=C(CC1(O)CCCCC1)N/N=C\c1ccc([N+](=O)[O-])cc1.